The second-order valence-electron chi connectivity index (χ2n) is 17.8. The number of halogens is 2. The molecule has 9 rings (SSSR count). The summed E-state index contributed by atoms with van der Waals surface area (Å²) in [5.41, 5.74) is 15.6. The fourth-order valence-corrected chi connectivity index (χ4v) is 11.6. The molecule has 1 aliphatic carbocycles. The third-order valence-electron chi connectivity index (χ3n) is 14.1. The summed E-state index contributed by atoms with van der Waals surface area (Å²) in [6.45, 7) is 11.3. The predicted molar refractivity (Wildman–Crippen MR) is 271 cm³/mol. The standard InChI is InChI=1S/C57H62Br2N2/c1-5-9-11-13-15-17-31-60-53-27-19-39(7-3)33-47(53)49-35-41(21-29-55(49)60)57(51-37-43(58)23-25-45(51)46-26-24-44(59)38-52(46)57)42-22-30-56-50(36-42)48-34-40(8-4)20-28-54(48)61(56)32-18-16-14-12-10-6-2/h19-30,33-38H,5-18,31-32H2,1-4H3. The van der Waals surface area contributed by atoms with E-state index in [0.29, 0.717) is 0 Å². The van der Waals surface area contributed by atoms with Crippen molar-refractivity contribution in [2.75, 3.05) is 0 Å². The number of unbranched alkanes of at least 4 members (excludes halogenated alkanes) is 10. The van der Waals surface area contributed by atoms with Gasteiger partial charge in [-0.05, 0) is 143 Å². The number of aromatic nitrogens is 2. The van der Waals surface area contributed by atoms with Gasteiger partial charge < -0.3 is 9.13 Å². The maximum atomic E-state index is 3.98. The molecular formula is C57H62Br2N2. The number of fused-ring (bicyclic) bond motifs is 9. The van der Waals surface area contributed by atoms with Gasteiger partial charge in [-0.1, -0.05) is 160 Å². The van der Waals surface area contributed by atoms with Gasteiger partial charge >= 0.3 is 0 Å². The van der Waals surface area contributed by atoms with Crippen LogP contribution in [-0.4, -0.2) is 9.13 Å². The fraction of sp³-hybridized carbons (Fsp3) is 0.368. The average molecular weight is 935 g/mol. The smallest absolute Gasteiger partial charge is 0.0714 e. The van der Waals surface area contributed by atoms with Gasteiger partial charge in [0.1, 0.15) is 0 Å². The molecule has 2 heterocycles. The lowest BCUT2D eigenvalue weighted by molar-refractivity contribution is 0.571. The van der Waals surface area contributed by atoms with Crippen LogP contribution in [0.4, 0.5) is 0 Å². The molecule has 4 heteroatoms. The van der Waals surface area contributed by atoms with E-state index in [-0.39, 0.29) is 0 Å². The normalized spacial score (nSPS) is 13.3. The molecule has 0 fully saturated rings. The fourth-order valence-electron chi connectivity index (χ4n) is 10.8. The molecule has 0 bridgehead atoms. The number of nitrogens with zero attached hydrogens (tertiary/aromatic N) is 2. The maximum absolute atomic E-state index is 3.98. The summed E-state index contributed by atoms with van der Waals surface area (Å²) in [6, 6.07) is 43.4. The quantitative estimate of drug-likeness (QED) is 0.0759. The zero-order valence-electron chi connectivity index (χ0n) is 36.9. The molecule has 1 aliphatic rings. The lowest BCUT2D eigenvalue weighted by atomic mass is 9.67. The molecule has 0 amide bonds. The van der Waals surface area contributed by atoms with Gasteiger partial charge in [-0.15, -0.1) is 0 Å². The lowest BCUT2D eigenvalue weighted by Crippen LogP contribution is -2.28. The summed E-state index contributed by atoms with van der Waals surface area (Å²) >= 11 is 7.95. The highest BCUT2D eigenvalue weighted by atomic mass is 79.9. The van der Waals surface area contributed by atoms with Crippen LogP contribution in [-0.2, 0) is 31.3 Å². The molecule has 2 nitrogen and oxygen atoms in total. The van der Waals surface area contributed by atoms with E-state index in [2.05, 4.69) is 178 Å². The Hall–Kier alpha value is -4.12. The van der Waals surface area contributed by atoms with Crippen LogP contribution >= 0.6 is 31.9 Å². The van der Waals surface area contributed by atoms with Crippen molar-refractivity contribution in [3.05, 3.63) is 152 Å². The van der Waals surface area contributed by atoms with Crippen LogP contribution < -0.4 is 0 Å². The van der Waals surface area contributed by atoms with Crippen molar-refractivity contribution >= 4 is 75.5 Å². The Bertz CT molecular complexity index is 2660. The van der Waals surface area contributed by atoms with Gasteiger partial charge in [0, 0.05) is 65.6 Å². The van der Waals surface area contributed by atoms with Crippen LogP contribution in [0.5, 0.6) is 0 Å². The zero-order valence-corrected chi connectivity index (χ0v) is 40.0. The minimum Gasteiger partial charge on any atom is -0.340 e. The second kappa shape index (κ2) is 18.3. The second-order valence-corrected chi connectivity index (χ2v) is 19.7. The number of aryl methyl sites for hydroxylation is 4. The van der Waals surface area contributed by atoms with E-state index in [0.717, 1.165) is 34.9 Å². The van der Waals surface area contributed by atoms with Crippen LogP contribution in [0, 0.1) is 0 Å². The number of hydrogen-bond acceptors (Lipinski definition) is 0. The minimum atomic E-state index is -0.549. The van der Waals surface area contributed by atoms with Crippen molar-refractivity contribution in [2.45, 2.75) is 136 Å². The highest BCUT2D eigenvalue weighted by molar-refractivity contribution is 9.10. The van der Waals surface area contributed by atoms with Gasteiger partial charge in [-0.25, -0.2) is 0 Å². The molecule has 0 radical (unpaired) electrons. The summed E-state index contributed by atoms with van der Waals surface area (Å²) in [7, 11) is 0. The summed E-state index contributed by atoms with van der Waals surface area (Å²) in [5, 5.41) is 5.47. The van der Waals surface area contributed by atoms with E-state index < -0.39 is 5.41 Å². The van der Waals surface area contributed by atoms with Crippen molar-refractivity contribution in [3.63, 3.8) is 0 Å². The molecule has 2 aromatic heterocycles. The minimum absolute atomic E-state index is 0.549. The largest absolute Gasteiger partial charge is 0.340 e. The molecule has 0 aliphatic heterocycles. The first-order valence-electron chi connectivity index (χ1n) is 23.6. The van der Waals surface area contributed by atoms with E-state index in [1.54, 1.807) is 0 Å². The van der Waals surface area contributed by atoms with Crippen molar-refractivity contribution < 1.29 is 0 Å². The molecule has 0 saturated carbocycles. The van der Waals surface area contributed by atoms with E-state index in [4.69, 9.17) is 0 Å². The first kappa shape index (κ1) is 42.2. The average Bonchev–Trinajstić information content (AvgIpc) is 3.87. The summed E-state index contributed by atoms with van der Waals surface area (Å²) in [6.07, 6.45) is 17.6. The van der Waals surface area contributed by atoms with Gasteiger partial charge in [0.25, 0.3) is 0 Å². The highest BCUT2D eigenvalue weighted by Gasteiger charge is 2.47. The third kappa shape index (κ3) is 7.62. The van der Waals surface area contributed by atoms with E-state index >= 15 is 0 Å². The molecular weight excluding hydrogens is 872 g/mol. The van der Waals surface area contributed by atoms with E-state index in [1.807, 2.05) is 0 Å². The van der Waals surface area contributed by atoms with E-state index in [9.17, 15) is 0 Å². The Balaban J connectivity index is 1.28. The number of rotatable bonds is 18. The van der Waals surface area contributed by atoms with Crippen LogP contribution in [0.3, 0.4) is 0 Å². The predicted octanol–water partition coefficient (Wildman–Crippen LogP) is 17.6. The van der Waals surface area contributed by atoms with Gasteiger partial charge in [-0.2, -0.15) is 0 Å². The molecule has 0 atom stereocenters. The molecule has 61 heavy (non-hydrogen) atoms. The summed E-state index contributed by atoms with van der Waals surface area (Å²) in [4.78, 5) is 0. The van der Waals surface area contributed by atoms with Crippen LogP contribution in [0.1, 0.15) is 138 Å². The van der Waals surface area contributed by atoms with Crippen molar-refractivity contribution in [1.29, 1.82) is 0 Å². The summed E-state index contributed by atoms with van der Waals surface area (Å²) in [5.74, 6) is 0. The molecule has 8 aromatic rings. The third-order valence-corrected chi connectivity index (χ3v) is 15.1. The van der Waals surface area contributed by atoms with Crippen LogP contribution in [0.2, 0.25) is 0 Å². The Labute approximate surface area is 381 Å². The van der Waals surface area contributed by atoms with Crippen molar-refractivity contribution in [2.24, 2.45) is 0 Å². The number of hydrogen-bond donors (Lipinski definition) is 0. The van der Waals surface area contributed by atoms with Crippen LogP contribution in [0.25, 0.3) is 54.7 Å². The van der Waals surface area contributed by atoms with Gasteiger partial charge in [0.15, 0.2) is 0 Å². The molecule has 0 N–H and O–H groups in total. The van der Waals surface area contributed by atoms with Crippen molar-refractivity contribution in [1.82, 2.24) is 9.13 Å². The number of benzene rings is 6. The Morgan fingerprint density at radius 2 is 0.770 bits per heavy atom. The first-order valence-corrected chi connectivity index (χ1v) is 25.2. The zero-order chi connectivity index (χ0) is 42.1. The SMILES string of the molecule is CCCCCCCCn1c2ccc(CC)cc2c2cc(C3(c4ccc5c(c4)c4cc(CC)ccc4n5CCCCCCCC)c4cc(Br)ccc4-c4ccc(Br)cc43)ccc21. The first-order chi connectivity index (χ1) is 29.9. The Kier molecular flexibility index (Phi) is 12.7. The molecule has 0 saturated heterocycles. The van der Waals surface area contributed by atoms with E-state index in [1.165, 1.54) is 165 Å². The van der Waals surface area contributed by atoms with Gasteiger partial charge in [0.05, 0.1) is 5.41 Å². The topological polar surface area (TPSA) is 9.86 Å². The molecule has 0 spiro atoms. The molecule has 6 aromatic carbocycles. The maximum Gasteiger partial charge on any atom is 0.0714 e. The molecule has 314 valence electrons. The Morgan fingerprint density at radius 1 is 0.393 bits per heavy atom. The Morgan fingerprint density at radius 3 is 1.18 bits per heavy atom. The molecule has 0 unspecified atom stereocenters. The highest BCUT2D eigenvalue weighted by Crippen LogP contribution is 2.58. The van der Waals surface area contributed by atoms with Crippen molar-refractivity contribution in [3.8, 4) is 11.1 Å². The van der Waals surface area contributed by atoms with Crippen LogP contribution in [0.15, 0.2) is 118 Å². The monoisotopic (exact) mass is 932 g/mol. The lowest BCUT2D eigenvalue weighted by Gasteiger charge is -2.34. The van der Waals surface area contributed by atoms with Gasteiger partial charge in [-0.3, -0.25) is 0 Å². The summed E-state index contributed by atoms with van der Waals surface area (Å²) < 4.78 is 7.46. The van der Waals surface area contributed by atoms with Gasteiger partial charge in [0.2, 0.25) is 0 Å².